The first kappa shape index (κ1) is 8.21. The lowest BCUT2D eigenvalue weighted by Gasteiger charge is -2.12. The van der Waals surface area contributed by atoms with Crippen LogP contribution in [0.5, 0.6) is 0 Å². The Hall–Kier alpha value is -0.890. The van der Waals surface area contributed by atoms with Crippen molar-refractivity contribution in [1.29, 1.82) is 0 Å². The zero-order valence-electron chi connectivity index (χ0n) is 6.71. The molecule has 2 heteroatoms. The van der Waals surface area contributed by atoms with Crippen LogP contribution in [0.4, 0.5) is 0 Å². The summed E-state index contributed by atoms with van der Waals surface area (Å²) >= 11 is 0. The first-order valence-corrected chi connectivity index (χ1v) is 3.89. The number of hydrogen-bond acceptors (Lipinski definition) is 2. The van der Waals surface area contributed by atoms with Gasteiger partial charge in [0.1, 0.15) is 0 Å². The monoisotopic (exact) mass is 150 g/mol. The summed E-state index contributed by atoms with van der Waals surface area (Å²) in [6.07, 6.45) is 6.99. The summed E-state index contributed by atoms with van der Waals surface area (Å²) < 4.78 is 0. The van der Waals surface area contributed by atoms with Crippen LogP contribution in [0.3, 0.4) is 0 Å². The average Bonchev–Trinajstić information content (AvgIpc) is 2.05. The molecule has 0 amide bonds. The average molecular weight is 150 g/mol. The second-order valence-corrected chi connectivity index (χ2v) is 2.82. The van der Waals surface area contributed by atoms with Gasteiger partial charge in [0.15, 0.2) is 0 Å². The van der Waals surface area contributed by atoms with E-state index in [1.165, 1.54) is 36.9 Å². The molecular formula is C9H14N2. The highest BCUT2D eigenvalue weighted by Gasteiger charge is 2.07. The standard InChI is InChI=1S/C9H11N.H3N/c1-2-6-9-8(4-1)5-3-7-10-9;/h3,5,7H,1-2,4,6H2;1H3. The summed E-state index contributed by atoms with van der Waals surface area (Å²) in [7, 11) is 0. The van der Waals surface area contributed by atoms with Gasteiger partial charge in [-0.2, -0.15) is 0 Å². The van der Waals surface area contributed by atoms with Gasteiger partial charge >= 0.3 is 0 Å². The highest BCUT2D eigenvalue weighted by Crippen LogP contribution is 2.17. The summed E-state index contributed by atoms with van der Waals surface area (Å²) in [5, 5.41) is 0. The van der Waals surface area contributed by atoms with Crippen molar-refractivity contribution < 1.29 is 0 Å². The fourth-order valence-corrected chi connectivity index (χ4v) is 1.53. The van der Waals surface area contributed by atoms with E-state index in [9.17, 15) is 0 Å². The maximum atomic E-state index is 4.32. The van der Waals surface area contributed by atoms with Crippen LogP contribution in [0.15, 0.2) is 18.3 Å². The molecule has 0 unspecified atom stereocenters. The Morgan fingerprint density at radius 3 is 2.82 bits per heavy atom. The van der Waals surface area contributed by atoms with Crippen molar-refractivity contribution in [2.45, 2.75) is 25.7 Å². The third-order valence-corrected chi connectivity index (χ3v) is 2.09. The topological polar surface area (TPSA) is 47.9 Å². The number of aryl methyl sites for hydroxylation is 2. The molecule has 1 aromatic heterocycles. The van der Waals surface area contributed by atoms with Crippen molar-refractivity contribution in [3.8, 4) is 0 Å². The van der Waals surface area contributed by atoms with Crippen molar-refractivity contribution >= 4 is 0 Å². The summed E-state index contributed by atoms with van der Waals surface area (Å²) in [6.45, 7) is 0. The molecule has 11 heavy (non-hydrogen) atoms. The largest absolute Gasteiger partial charge is 0.344 e. The van der Waals surface area contributed by atoms with E-state index >= 15 is 0 Å². The van der Waals surface area contributed by atoms with Crippen LogP contribution in [0, 0.1) is 0 Å². The molecule has 0 radical (unpaired) electrons. The molecule has 2 nitrogen and oxygen atoms in total. The molecule has 60 valence electrons. The zero-order chi connectivity index (χ0) is 6.81. The number of hydrogen-bond donors (Lipinski definition) is 1. The molecule has 0 saturated heterocycles. The van der Waals surface area contributed by atoms with E-state index < -0.39 is 0 Å². The number of nitrogens with zero attached hydrogens (tertiary/aromatic N) is 1. The van der Waals surface area contributed by atoms with Crippen molar-refractivity contribution in [1.82, 2.24) is 11.1 Å². The maximum absolute atomic E-state index is 4.32. The van der Waals surface area contributed by atoms with Gasteiger partial charge in [0, 0.05) is 11.9 Å². The van der Waals surface area contributed by atoms with Gasteiger partial charge in [0.2, 0.25) is 0 Å². The molecule has 0 atom stereocenters. The van der Waals surface area contributed by atoms with E-state index in [2.05, 4.69) is 11.1 Å². The highest BCUT2D eigenvalue weighted by molar-refractivity contribution is 5.21. The van der Waals surface area contributed by atoms with Crippen LogP contribution in [-0.2, 0) is 12.8 Å². The third-order valence-electron chi connectivity index (χ3n) is 2.09. The van der Waals surface area contributed by atoms with Gasteiger partial charge in [-0.15, -0.1) is 0 Å². The van der Waals surface area contributed by atoms with Crippen molar-refractivity contribution in [3.63, 3.8) is 0 Å². The minimum atomic E-state index is 0. The Labute approximate surface area is 67.2 Å². The fraction of sp³-hybridized carbons (Fsp3) is 0.444. The van der Waals surface area contributed by atoms with E-state index in [1.54, 1.807) is 0 Å². The first-order valence-electron chi connectivity index (χ1n) is 3.89. The second-order valence-electron chi connectivity index (χ2n) is 2.82. The van der Waals surface area contributed by atoms with Gasteiger partial charge in [-0.05, 0) is 37.3 Å². The Balaban J connectivity index is 0.000000605. The van der Waals surface area contributed by atoms with Crippen molar-refractivity contribution in [2.75, 3.05) is 0 Å². The first-order chi connectivity index (χ1) is 4.97. The van der Waals surface area contributed by atoms with Crippen LogP contribution >= 0.6 is 0 Å². The van der Waals surface area contributed by atoms with Gasteiger partial charge in [-0.1, -0.05) is 6.07 Å². The Morgan fingerprint density at radius 1 is 1.18 bits per heavy atom. The van der Waals surface area contributed by atoms with Crippen molar-refractivity contribution in [3.05, 3.63) is 29.6 Å². The number of pyridine rings is 1. The Bertz CT molecular complexity index is 208. The zero-order valence-corrected chi connectivity index (χ0v) is 6.71. The molecule has 0 spiro atoms. The molecule has 1 heterocycles. The SMILES string of the molecule is N.c1cnc2c(c1)CCCC2. The highest BCUT2D eigenvalue weighted by atomic mass is 14.7. The maximum Gasteiger partial charge on any atom is 0.0435 e. The summed E-state index contributed by atoms with van der Waals surface area (Å²) in [5.74, 6) is 0. The van der Waals surface area contributed by atoms with Crippen LogP contribution in [0.2, 0.25) is 0 Å². The molecular weight excluding hydrogens is 136 g/mol. The lowest BCUT2D eigenvalue weighted by Crippen LogP contribution is -2.03. The smallest absolute Gasteiger partial charge is 0.0435 e. The summed E-state index contributed by atoms with van der Waals surface area (Å²) in [4.78, 5) is 4.32. The van der Waals surface area contributed by atoms with Crippen LogP contribution in [-0.4, -0.2) is 4.98 Å². The number of fused-ring (bicyclic) bond motifs is 1. The van der Waals surface area contributed by atoms with E-state index in [4.69, 9.17) is 0 Å². The van der Waals surface area contributed by atoms with Crippen LogP contribution in [0.25, 0.3) is 0 Å². The molecule has 2 rings (SSSR count). The normalized spacial score (nSPS) is 14.9. The number of aromatic nitrogens is 1. The van der Waals surface area contributed by atoms with Gasteiger partial charge in [-0.25, -0.2) is 0 Å². The minimum Gasteiger partial charge on any atom is -0.344 e. The summed E-state index contributed by atoms with van der Waals surface area (Å²) in [6, 6.07) is 4.23. The third kappa shape index (κ3) is 1.57. The van der Waals surface area contributed by atoms with E-state index in [-0.39, 0.29) is 6.15 Å². The van der Waals surface area contributed by atoms with E-state index in [0.717, 1.165) is 0 Å². The van der Waals surface area contributed by atoms with Gasteiger partial charge in [-0.3, -0.25) is 4.98 Å². The summed E-state index contributed by atoms with van der Waals surface area (Å²) in [5.41, 5.74) is 2.79. The predicted molar refractivity (Wildman–Crippen MR) is 45.9 cm³/mol. The van der Waals surface area contributed by atoms with Crippen molar-refractivity contribution in [2.24, 2.45) is 0 Å². The van der Waals surface area contributed by atoms with Crippen LogP contribution in [0.1, 0.15) is 24.1 Å². The van der Waals surface area contributed by atoms with E-state index in [1.807, 2.05) is 12.3 Å². The molecule has 0 aromatic carbocycles. The number of rotatable bonds is 0. The molecule has 0 bridgehead atoms. The Kier molecular flexibility index (Phi) is 2.60. The molecule has 3 N–H and O–H groups in total. The Morgan fingerprint density at radius 2 is 2.00 bits per heavy atom. The lowest BCUT2D eigenvalue weighted by molar-refractivity contribution is 0.668. The second kappa shape index (κ2) is 3.49. The quantitative estimate of drug-likeness (QED) is 0.615. The lowest BCUT2D eigenvalue weighted by atomic mass is 9.96. The van der Waals surface area contributed by atoms with Crippen LogP contribution < -0.4 is 6.15 Å². The van der Waals surface area contributed by atoms with Gasteiger partial charge in [0.25, 0.3) is 0 Å². The molecule has 1 aliphatic carbocycles. The molecule has 0 aliphatic heterocycles. The molecule has 0 fully saturated rings. The van der Waals surface area contributed by atoms with Gasteiger partial charge < -0.3 is 6.15 Å². The molecule has 0 saturated carbocycles. The fourth-order valence-electron chi connectivity index (χ4n) is 1.53. The predicted octanol–water partition coefficient (Wildman–Crippen LogP) is 2.12. The van der Waals surface area contributed by atoms with E-state index in [0.29, 0.717) is 0 Å². The molecule has 1 aliphatic rings. The van der Waals surface area contributed by atoms with Gasteiger partial charge in [0.05, 0.1) is 0 Å². The minimum absolute atomic E-state index is 0. The molecule has 1 aromatic rings.